The van der Waals surface area contributed by atoms with E-state index < -0.39 is 0 Å². The Morgan fingerprint density at radius 3 is 2.58 bits per heavy atom. The lowest BCUT2D eigenvalue weighted by Gasteiger charge is -2.23. The highest BCUT2D eigenvalue weighted by atomic mass is 35.5. The molecule has 68 valence electrons. The summed E-state index contributed by atoms with van der Waals surface area (Å²) in [6.45, 7) is 0. The summed E-state index contributed by atoms with van der Waals surface area (Å²) in [5.41, 5.74) is 4.51. The summed E-state index contributed by atoms with van der Waals surface area (Å²) >= 11 is 16.8. The predicted molar refractivity (Wildman–Crippen MR) is 52.7 cm³/mol. The van der Waals surface area contributed by atoms with Gasteiger partial charge in [0.2, 0.25) is 0 Å². The molecule has 0 bridgehead atoms. The van der Waals surface area contributed by atoms with Crippen LogP contribution in [0.5, 0.6) is 0 Å². The molecule has 0 fully saturated rings. The fraction of sp³-hybridized carbons (Fsp3) is 0.500. The quantitative estimate of drug-likeness (QED) is 0.588. The third kappa shape index (κ3) is 2.44. The molecule has 12 heavy (non-hydrogen) atoms. The number of halogens is 3. The first-order valence-corrected chi connectivity index (χ1v) is 4.90. The van der Waals surface area contributed by atoms with E-state index >= 15 is 0 Å². The molecule has 1 N–H and O–H groups in total. The van der Waals surface area contributed by atoms with Crippen molar-refractivity contribution in [2.24, 2.45) is 5.10 Å². The summed E-state index contributed by atoms with van der Waals surface area (Å²) in [7, 11) is 0. The van der Waals surface area contributed by atoms with Gasteiger partial charge in [0.1, 0.15) is 6.00 Å². The van der Waals surface area contributed by atoms with E-state index in [0.29, 0.717) is 11.8 Å². The molecule has 6 heteroatoms. The van der Waals surface area contributed by atoms with E-state index in [4.69, 9.17) is 34.8 Å². The normalized spacial score (nSPS) is 16.8. The van der Waals surface area contributed by atoms with Gasteiger partial charge in [-0.2, -0.15) is 10.2 Å². The van der Waals surface area contributed by atoms with Gasteiger partial charge in [0.05, 0.1) is 17.5 Å². The molecule has 1 aliphatic rings. The molecular weight excluding hydrogens is 220 g/mol. The lowest BCUT2D eigenvalue weighted by atomic mass is 10.3. The minimum atomic E-state index is 0.259. The lowest BCUT2D eigenvalue weighted by molar-refractivity contribution is 0.260. The van der Waals surface area contributed by atoms with Gasteiger partial charge in [0, 0.05) is 5.70 Å². The van der Waals surface area contributed by atoms with Crippen LogP contribution in [0.4, 0.5) is 0 Å². The molecular formula is C6H8Cl3N3. The minimum absolute atomic E-state index is 0.259. The summed E-state index contributed by atoms with van der Waals surface area (Å²) in [4.78, 5) is 0. The zero-order chi connectivity index (χ0) is 8.97. The number of hydrazine groups is 1. The second-order valence-corrected chi connectivity index (χ2v) is 2.93. The standard InChI is InChI=1S/C6H8Cl3N3/c7-2-5-1-6(3-8)11-12(4-9)10-5/h1,10H,2-4H2. The van der Waals surface area contributed by atoms with Crippen molar-refractivity contribution in [2.75, 3.05) is 17.8 Å². The second kappa shape index (κ2) is 4.80. The van der Waals surface area contributed by atoms with Gasteiger partial charge < -0.3 is 0 Å². The van der Waals surface area contributed by atoms with Crippen LogP contribution in [0.1, 0.15) is 0 Å². The van der Waals surface area contributed by atoms with Gasteiger partial charge in [-0.1, -0.05) is 11.6 Å². The SMILES string of the molecule is ClCC1=CC(CCl)=NN(CCl)N1. The zero-order valence-corrected chi connectivity index (χ0v) is 8.49. The van der Waals surface area contributed by atoms with Crippen molar-refractivity contribution in [3.8, 4) is 0 Å². The topological polar surface area (TPSA) is 27.6 Å². The molecule has 0 saturated carbocycles. The largest absolute Gasteiger partial charge is 0.284 e. The Morgan fingerprint density at radius 1 is 1.33 bits per heavy atom. The van der Waals surface area contributed by atoms with Crippen molar-refractivity contribution in [3.05, 3.63) is 11.8 Å². The van der Waals surface area contributed by atoms with Crippen LogP contribution in [0.2, 0.25) is 0 Å². The number of hydrogen-bond acceptors (Lipinski definition) is 3. The smallest absolute Gasteiger partial charge is 0.132 e. The highest BCUT2D eigenvalue weighted by molar-refractivity contribution is 6.31. The molecule has 0 saturated heterocycles. The second-order valence-electron chi connectivity index (χ2n) is 2.16. The van der Waals surface area contributed by atoms with Crippen molar-refractivity contribution in [1.29, 1.82) is 0 Å². The zero-order valence-electron chi connectivity index (χ0n) is 6.23. The molecule has 0 unspecified atom stereocenters. The number of nitrogens with zero attached hydrogens (tertiary/aromatic N) is 2. The highest BCUT2D eigenvalue weighted by Gasteiger charge is 2.09. The van der Waals surface area contributed by atoms with Crippen LogP contribution in [0.25, 0.3) is 0 Å². The molecule has 1 aliphatic heterocycles. The number of nitrogens with one attached hydrogen (secondary N) is 1. The maximum atomic E-state index is 5.63. The van der Waals surface area contributed by atoms with Crippen LogP contribution in [0.3, 0.4) is 0 Å². The maximum absolute atomic E-state index is 5.63. The van der Waals surface area contributed by atoms with Gasteiger partial charge in [0.25, 0.3) is 0 Å². The fourth-order valence-corrected chi connectivity index (χ4v) is 1.18. The van der Waals surface area contributed by atoms with E-state index in [0.717, 1.165) is 11.4 Å². The first-order chi connectivity index (χ1) is 5.80. The molecule has 1 heterocycles. The number of hydrogen-bond donors (Lipinski definition) is 1. The average Bonchev–Trinajstić information content (AvgIpc) is 2.16. The molecule has 3 nitrogen and oxygen atoms in total. The Morgan fingerprint density at radius 2 is 2.08 bits per heavy atom. The van der Waals surface area contributed by atoms with Crippen molar-refractivity contribution in [3.63, 3.8) is 0 Å². The van der Waals surface area contributed by atoms with Crippen molar-refractivity contribution in [1.82, 2.24) is 10.5 Å². The number of rotatable bonds is 3. The van der Waals surface area contributed by atoms with Crippen molar-refractivity contribution < 1.29 is 0 Å². The molecule has 0 aliphatic carbocycles. The van der Waals surface area contributed by atoms with Gasteiger partial charge in [-0.3, -0.25) is 5.43 Å². The Kier molecular flexibility index (Phi) is 3.98. The monoisotopic (exact) mass is 227 g/mol. The van der Waals surface area contributed by atoms with E-state index in [-0.39, 0.29) is 6.00 Å². The molecule has 0 radical (unpaired) electrons. The van der Waals surface area contributed by atoms with Crippen molar-refractivity contribution >= 4 is 40.5 Å². The van der Waals surface area contributed by atoms with Crippen LogP contribution < -0.4 is 5.43 Å². The average molecular weight is 229 g/mol. The molecule has 0 amide bonds. The van der Waals surface area contributed by atoms with Crippen LogP contribution in [0.15, 0.2) is 16.9 Å². The third-order valence-electron chi connectivity index (χ3n) is 1.26. The Hall–Kier alpha value is -0.120. The summed E-state index contributed by atoms with van der Waals surface area (Å²) in [6.07, 6.45) is 1.81. The van der Waals surface area contributed by atoms with Gasteiger partial charge in [-0.05, 0) is 6.08 Å². The number of alkyl halides is 3. The van der Waals surface area contributed by atoms with E-state index in [1.165, 1.54) is 5.12 Å². The molecule has 0 atom stereocenters. The molecule has 1 rings (SSSR count). The number of allylic oxidation sites excluding steroid dienone is 2. The first-order valence-electron chi connectivity index (χ1n) is 3.30. The molecule has 0 spiro atoms. The van der Waals surface area contributed by atoms with Crippen LogP contribution in [0, 0.1) is 0 Å². The van der Waals surface area contributed by atoms with Gasteiger partial charge in [-0.15, -0.1) is 23.2 Å². The molecule has 0 aromatic rings. The first kappa shape index (κ1) is 9.96. The Balaban J connectivity index is 2.70. The highest BCUT2D eigenvalue weighted by Crippen LogP contribution is 2.05. The summed E-state index contributed by atoms with van der Waals surface area (Å²) in [6, 6.07) is 0.259. The van der Waals surface area contributed by atoms with Crippen LogP contribution in [-0.2, 0) is 0 Å². The number of hydrazone groups is 1. The lowest BCUT2D eigenvalue weighted by Crippen LogP contribution is -2.37. The summed E-state index contributed by atoms with van der Waals surface area (Å²) < 4.78 is 0. The van der Waals surface area contributed by atoms with E-state index in [1.54, 1.807) is 0 Å². The van der Waals surface area contributed by atoms with Gasteiger partial charge in [0.15, 0.2) is 0 Å². The Labute approximate surface area is 85.9 Å². The molecule has 0 aromatic heterocycles. The van der Waals surface area contributed by atoms with Crippen LogP contribution in [-0.4, -0.2) is 28.6 Å². The third-order valence-corrected chi connectivity index (χ3v) is 2.04. The van der Waals surface area contributed by atoms with E-state index in [9.17, 15) is 0 Å². The molecule has 0 aromatic carbocycles. The maximum Gasteiger partial charge on any atom is 0.132 e. The van der Waals surface area contributed by atoms with Gasteiger partial charge in [-0.25, -0.2) is 0 Å². The predicted octanol–water partition coefficient (Wildman–Crippen LogP) is 1.72. The van der Waals surface area contributed by atoms with Crippen LogP contribution >= 0.6 is 34.8 Å². The fourth-order valence-electron chi connectivity index (χ4n) is 0.798. The van der Waals surface area contributed by atoms with Gasteiger partial charge >= 0.3 is 0 Å². The minimum Gasteiger partial charge on any atom is -0.284 e. The summed E-state index contributed by atoms with van der Waals surface area (Å²) in [5.74, 6) is 0.749. The van der Waals surface area contributed by atoms with E-state index in [1.807, 2.05) is 6.08 Å². The Bertz CT molecular complexity index is 214. The van der Waals surface area contributed by atoms with E-state index in [2.05, 4.69) is 10.5 Å². The van der Waals surface area contributed by atoms with Crippen molar-refractivity contribution in [2.45, 2.75) is 0 Å². The summed E-state index contributed by atoms with van der Waals surface area (Å²) in [5, 5.41) is 5.54.